The van der Waals surface area contributed by atoms with Crippen LogP contribution in [0.25, 0.3) is 0 Å². The Morgan fingerprint density at radius 3 is 2.93 bits per heavy atom. The number of hydrogen-bond donors (Lipinski definition) is 1. The molecule has 0 aliphatic heterocycles. The maximum atomic E-state index is 4.15. The van der Waals surface area contributed by atoms with Crippen LogP contribution in [0, 0.1) is 0 Å². The van der Waals surface area contributed by atoms with Crippen molar-refractivity contribution < 1.29 is 0 Å². The Balaban J connectivity index is 2.31. The second-order valence-electron chi connectivity index (χ2n) is 2.76. The highest BCUT2D eigenvalue weighted by Gasteiger charge is 2.18. The molecular formula is C7H10N6S. The van der Waals surface area contributed by atoms with E-state index in [4.69, 9.17) is 0 Å². The van der Waals surface area contributed by atoms with Gasteiger partial charge in [0.05, 0.1) is 12.6 Å². The molecule has 0 aliphatic carbocycles. The molecule has 2 aromatic heterocycles. The van der Waals surface area contributed by atoms with E-state index in [2.05, 4.69) is 25.7 Å². The molecule has 0 radical (unpaired) electrons. The Morgan fingerprint density at radius 1 is 1.57 bits per heavy atom. The lowest BCUT2D eigenvalue weighted by atomic mass is 10.2. The van der Waals surface area contributed by atoms with Gasteiger partial charge in [0.25, 0.3) is 0 Å². The minimum Gasteiger partial charge on any atom is -0.306 e. The molecule has 1 unspecified atom stereocenters. The summed E-state index contributed by atoms with van der Waals surface area (Å²) < 4.78 is 0. The first kappa shape index (κ1) is 9.22. The second-order valence-corrected chi connectivity index (χ2v) is 3.68. The zero-order chi connectivity index (χ0) is 9.97. The second kappa shape index (κ2) is 3.81. The summed E-state index contributed by atoms with van der Waals surface area (Å²) in [4.78, 5) is 6.55. The molecule has 2 heterocycles. The van der Waals surface area contributed by atoms with Crippen LogP contribution >= 0.6 is 11.3 Å². The van der Waals surface area contributed by atoms with E-state index in [-0.39, 0.29) is 6.04 Å². The largest absolute Gasteiger partial charge is 0.306 e. The molecule has 2 rings (SSSR count). The Morgan fingerprint density at radius 2 is 2.43 bits per heavy atom. The number of rotatable bonds is 3. The lowest BCUT2D eigenvalue weighted by molar-refractivity contribution is 0.614. The van der Waals surface area contributed by atoms with Crippen molar-refractivity contribution in [3.63, 3.8) is 0 Å². The van der Waals surface area contributed by atoms with Crippen LogP contribution in [0.1, 0.15) is 16.7 Å². The van der Waals surface area contributed by atoms with Crippen LogP contribution in [-0.2, 0) is 7.05 Å². The number of thiazole rings is 1. The van der Waals surface area contributed by atoms with E-state index in [1.54, 1.807) is 23.9 Å². The van der Waals surface area contributed by atoms with Gasteiger partial charge in [-0.15, -0.1) is 21.5 Å². The Labute approximate surface area is 85.0 Å². The third-order valence-electron chi connectivity index (χ3n) is 1.81. The standard InChI is InChI=1S/C7H10N6S/c1-8-6(5-3-9-4-14-5)7-10-12-13(2)11-7/h3-4,6,8H,1-2H3. The summed E-state index contributed by atoms with van der Waals surface area (Å²) in [5, 5.41) is 15.0. The summed E-state index contributed by atoms with van der Waals surface area (Å²) in [7, 11) is 3.61. The summed E-state index contributed by atoms with van der Waals surface area (Å²) >= 11 is 1.57. The first-order valence-electron chi connectivity index (χ1n) is 4.11. The highest BCUT2D eigenvalue weighted by atomic mass is 32.1. The third kappa shape index (κ3) is 1.64. The summed E-state index contributed by atoms with van der Waals surface area (Å²) in [6.07, 6.45) is 1.81. The average Bonchev–Trinajstić information content (AvgIpc) is 2.79. The molecule has 0 amide bonds. The van der Waals surface area contributed by atoms with E-state index in [1.807, 2.05) is 13.2 Å². The first-order chi connectivity index (χ1) is 6.81. The van der Waals surface area contributed by atoms with Crippen molar-refractivity contribution in [2.24, 2.45) is 7.05 Å². The fourth-order valence-corrected chi connectivity index (χ4v) is 1.91. The van der Waals surface area contributed by atoms with Gasteiger partial charge in [-0.25, -0.2) is 0 Å². The molecule has 0 saturated carbocycles. The van der Waals surface area contributed by atoms with Crippen molar-refractivity contribution in [3.8, 4) is 0 Å². The van der Waals surface area contributed by atoms with Gasteiger partial charge in [-0.05, 0) is 12.3 Å². The molecule has 7 heteroatoms. The SMILES string of the molecule is CNC(c1nnn(C)n1)c1cncs1. The Bertz CT molecular complexity index is 394. The minimum absolute atomic E-state index is 0.0174. The van der Waals surface area contributed by atoms with Gasteiger partial charge in [-0.1, -0.05) is 0 Å². The molecule has 2 aromatic rings. The number of tetrazole rings is 1. The summed E-state index contributed by atoms with van der Waals surface area (Å²) in [6.45, 7) is 0. The minimum atomic E-state index is -0.0174. The number of nitrogens with one attached hydrogen (secondary N) is 1. The van der Waals surface area contributed by atoms with E-state index in [1.165, 1.54) is 4.80 Å². The van der Waals surface area contributed by atoms with Crippen molar-refractivity contribution in [2.45, 2.75) is 6.04 Å². The number of nitrogens with zero attached hydrogens (tertiary/aromatic N) is 5. The third-order valence-corrected chi connectivity index (χ3v) is 2.65. The van der Waals surface area contributed by atoms with Crippen molar-refractivity contribution >= 4 is 11.3 Å². The Kier molecular flexibility index (Phi) is 2.51. The maximum Gasteiger partial charge on any atom is 0.197 e. The highest BCUT2D eigenvalue weighted by molar-refractivity contribution is 7.09. The summed E-state index contributed by atoms with van der Waals surface area (Å²) in [6, 6.07) is -0.0174. The lowest BCUT2D eigenvalue weighted by Gasteiger charge is -2.07. The smallest absolute Gasteiger partial charge is 0.197 e. The van der Waals surface area contributed by atoms with E-state index in [0.29, 0.717) is 5.82 Å². The molecule has 1 atom stereocenters. The molecular weight excluding hydrogens is 200 g/mol. The first-order valence-corrected chi connectivity index (χ1v) is 4.99. The average molecular weight is 210 g/mol. The normalized spacial score (nSPS) is 13.0. The molecule has 14 heavy (non-hydrogen) atoms. The maximum absolute atomic E-state index is 4.15. The van der Waals surface area contributed by atoms with Gasteiger partial charge in [-0.2, -0.15) is 4.80 Å². The Hall–Kier alpha value is -1.34. The van der Waals surface area contributed by atoms with Crippen LogP contribution in [0.3, 0.4) is 0 Å². The highest BCUT2D eigenvalue weighted by Crippen LogP contribution is 2.20. The monoisotopic (exact) mass is 210 g/mol. The molecule has 1 N–H and O–H groups in total. The molecule has 0 saturated heterocycles. The number of hydrogen-bond acceptors (Lipinski definition) is 6. The predicted octanol–water partition coefficient (Wildman–Crippen LogP) is -0.0246. The van der Waals surface area contributed by atoms with Gasteiger partial charge in [0.2, 0.25) is 0 Å². The van der Waals surface area contributed by atoms with E-state index < -0.39 is 0 Å². The quantitative estimate of drug-likeness (QED) is 0.770. The molecule has 0 bridgehead atoms. The van der Waals surface area contributed by atoms with Gasteiger partial charge in [0.15, 0.2) is 5.82 Å². The van der Waals surface area contributed by atoms with Crippen LogP contribution in [-0.4, -0.2) is 32.2 Å². The van der Waals surface area contributed by atoms with E-state index in [9.17, 15) is 0 Å². The van der Waals surface area contributed by atoms with Crippen LogP contribution in [0.5, 0.6) is 0 Å². The summed E-state index contributed by atoms with van der Waals surface area (Å²) in [5.74, 6) is 0.666. The van der Waals surface area contributed by atoms with Gasteiger partial charge in [0, 0.05) is 11.1 Å². The molecule has 0 aromatic carbocycles. The fourth-order valence-electron chi connectivity index (χ4n) is 1.18. The van der Waals surface area contributed by atoms with Gasteiger partial charge in [-0.3, -0.25) is 4.98 Å². The summed E-state index contributed by atoms with van der Waals surface area (Å²) in [5.41, 5.74) is 1.79. The van der Waals surface area contributed by atoms with Gasteiger partial charge in [0.1, 0.15) is 6.04 Å². The molecule has 0 fully saturated rings. The van der Waals surface area contributed by atoms with Crippen molar-refractivity contribution in [2.75, 3.05) is 7.05 Å². The molecule has 6 nitrogen and oxygen atoms in total. The van der Waals surface area contributed by atoms with Crippen molar-refractivity contribution in [1.82, 2.24) is 30.5 Å². The molecule has 0 aliphatic rings. The van der Waals surface area contributed by atoms with Crippen LogP contribution < -0.4 is 5.32 Å². The predicted molar refractivity (Wildman–Crippen MR) is 51.8 cm³/mol. The van der Waals surface area contributed by atoms with Crippen LogP contribution in [0.2, 0.25) is 0 Å². The van der Waals surface area contributed by atoms with Gasteiger partial charge >= 0.3 is 0 Å². The van der Waals surface area contributed by atoms with E-state index >= 15 is 0 Å². The molecule has 74 valence electrons. The van der Waals surface area contributed by atoms with Crippen molar-refractivity contribution in [3.05, 3.63) is 22.4 Å². The van der Waals surface area contributed by atoms with Crippen LogP contribution in [0.4, 0.5) is 0 Å². The fraction of sp³-hybridized carbons (Fsp3) is 0.429. The van der Waals surface area contributed by atoms with Crippen molar-refractivity contribution in [1.29, 1.82) is 0 Å². The number of aryl methyl sites for hydroxylation is 1. The zero-order valence-electron chi connectivity index (χ0n) is 7.88. The van der Waals surface area contributed by atoms with Gasteiger partial charge < -0.3 is 5.32 Å². The number of aromatic nitrogens is 5. The topological polar surface area (TPSA) is 68.5 Å². The van der Waals surface area contributed by atoms with Crippen LogP contribution in [0.15, 0.2) is 11.7 Å². The lowest BCUT2D eigenvalue weighted by Crippen LogP contribution is -2.18. The molecule has 0 spiro atoms. The zero-order valence-corrected chi connectivity index (χ0v) is 8.69. The van der Waals surface area contributed by atoms with E-state index in [0.717, 1.165) is 4.88 Å².